The van der Waals surface area contributed by atoms with Crippen LogP contribution in [0.4, 0.5) is 10.1 Å². The first-order valence-corrected chi connectivity index (χ1v) is 11.4. The maximum atomic E-state index is 13.7. The normalized spacial score (nSPS) is 15.2. The van der Waals surface area contributed by atoms with Gasteiger partial charge in [-0.15, -0.1) is 16.9 Å². The molecule has 8 nitrogen and oxygen atoms in total. The zero-order valence-corrected chi connectivity index (χ0v) is 18.2. The molecule has 160 valence electrons. The van der Waals surface area contributed by atoms with Gasteiger partial charge in [0.1, 0.15) is 5.82 Å². The lowest BCUT2D eigenvalue weighted by Crippen LogP contribution is -2.30. The fraction of sp³-hybridized carbons (Fsp3) is 0.250. The van der Waals surface area contributed by atoms with E-state index in [2.05, 4.69) is 26.2 Å². The van der Waals surface area contributed by atoms with E-state index in [1.54, 1.807) is 49.1 Å². The van der Waals surface area contributed by atoms with Crippen LogP contribution in [0.15, 0.2) is 52.5 Å². The van der Waals surface area contributed by atoms with Gasteiger partial charge in [0.15, 0.2) is 0 Å². The lowest BCUT2D eigenvalue weighted by atomic mass is 10.0. The molecule has 11 heteroatoms. The summed E-state index contributed by atoms with van der Waals surface area (Å²) in [5.41, 5.74) is 1.86. The number of rotatable bonds is 6. The number of aromatic nitrogens is 4. The summed E-state index contributed by atoms with van der Waals surface area (Å²) in [6, 6.07) is 11.1. The molecule has 3 aromatic rings. The highest BCUT2D eigenvalue weighted by molar-refractivity contribution is 7.99. The van der Waals surface area contributed by atoms with E-state index in [0.717, 1.165) is 22.6 Å². The molecule has 0 saturated heterocycles. The van der Waals surface area contributed by atoms with E-state index in [1.165, 1.54) is 28.6 Å². The van der Waals surface area contributed by atoms with Crippen LogP contribution in [0.3, 0.4) is 0 Å². The van der Waals surface area contributed by atoms with Crippen LogP contribution in [0, 0.1) is 5.82 Å². The molecular weight excluding hydrogens is 439 g/mol. The lowest BCUT2D eigenvalue weighted by molar-refractivity contribution is -0.113. The Bertz CT molecular complexity index is 1110. The Balaban J connectivity index is 1.34. The molecule has 2 N–H and O–H groups in total. The van der Waals surface area contributed by atoms with E-state index in [-0.39, 0.29) is 29.4 Å². The number of aryl methyl sites for hydroxylation is 1. The predicted octanol–water partition coefficient (Wildman–Crippen LogP) is 3.05. The number of carbonyl (C=O) groups excluding carboxylic acids is 2. The van der Waals surface area contributed by atoms with Crippen LogP contribution in [0.25, 0.3) is 0 Å². The number of amides is 2. The third-order valence-electron chi connectivity index (χ3n) is 4.66. The van der Waals surface area contributed by atoms with Gasteiger partial charge in [0.2, 0.25) is 11.1 Å². The van der Waals surface area contributed by atoms with E-state index >= 15 is 0 Å². The van der Waals surface area contributed by atoms with E-state index in [4.69, 9.17) is 0 Å². The van der Waals surface area contributed by atoms with E-state index in [9.17, 15) is 14.0 Å². The molecule has 1 atom stereocenters. The number of nitrogens with zero attached hydrogens (tertiary/aromatic N) is 4. The van der Waals surface area contributed by atoms with Crippen molar-refractivity contribution in [3.8, 4) is 0 Å². The number of anilines is 1. The van der Waals surface area contributed by atoms with Gasteiger partial charge in [-0.25, -0.2) is 9.07 Å². The highest BCUT2D eigenvalue weighted by Crippen LogP contribution is 2.36. The molecule has 0 spiro atoms. The summed E-state index contributed by atoms with van der Waals surface area (Å²) in [5.74, 6) is 0.261. The van der Waals surface area contributed by atoms with Crippen LogP contribution >= 0.6 is 23.5 Å². The Kier molecular flexibility index (Phi) is 6.52. The van der Waals surface area contributed by atoms with E-state index < -0.39 is 0 Å². The second-order valence-electron chi connectivity index (χ2n) is 6.84. The van der Waals surface area contributed by atoms with Gasteiger partial charge in [0, 0.05) is 28.9 Å². The molecular formula is C20H19FN6O2S2. The second kappa shape index (κ2) is 9.48. The smallest absolute Gasteiger partial charge is 0.251 e. The van der Waals surface area contributed by atoms with Crippen LogP contribution in [0.2, 0.25) is 0 Å². The summed E-state index contributed by atoms with van der Waals surface area (Å²) in [5, 5.41) is 17.4. The van der Waals surface area contributed by atoms with Crippen LogP contribution in [0.5, 0.6) is 0 Å². The largest absolute Gasteiger partial charge is 0.345 e. The summed E-state index contributed by atoms with van der Waals surface area (Å²) < 4.78 is 15.2. The molecule has 0 radical (unpaired) electrons. The number of hydrogen-bond donors (Lipinski definition) is 2. The first kappa shape index (κ1) is 21.3. The highest BCUT2D eigenvalue weighted by Gasteiger charge is 2.23. The Morgan fingerprint density at radius 2 is 2.06 bits per heavy atom. The van der Waals surface area contributed by atoms with Gasteiger partial charge in [-0.2, -0.15) is 0 Å². The highest BCUT2D eigenvalue weighted by atomic mass is 32.2. The fourth-order valence-corrected chi connectivity index (χ4v) is 4.89. The molecule has 0 bridgehead atoms. The lowest BCUT2D eigenvalue weighted by Gasteiger charge is -2.26. The molecule has 0 fully saturated rings. The Morgan fingerprint density at radius 1 is 1.26 bits per heavy atom. The van der Waals surface area contributed by atoms with Crippen LogP contribution in [-0.2, 0) is 11.8 Å². The quantitative estimate of drug-likeness (QED) is 0.548. The number of carbonyl (C=O) groups is 2. The topological polar surface area (TPSA) is 102 Å². The fourth-order valence-electron chi connectivity index (χ4n) is 3.13. The van der Waals surface area contributed by atoms with Crippen molar-refractivity contribution >= 4 is 41.0 Å². The van der Waals surface area contributed by atoms with Crippen molar-refractivity contribution < 1.29 is 14.0 Å². The van der Waals surface area contributed by atoms with Crippen molar-refractivity contribution in [2.75, 3.05) is 16.8 Å². The molecule has 2 amide bonds. The summed E-state index contributed by atoms with van der Waals surface area (Å²) >= 11 is 2.89. The molecule has 1 unspecified atom stereocenters. The molecule has 1 aliphatic heterocycles. The van der Waals surface area contributed by atoms with Crippen LogP contribution in [-0.4, -0.2) is 43.5 Å². The number of tetrazole rings is 1. The molecule has 31 heavy (non-hydrogen) atoms. The average Bonchev–Trinajstić information content (AvgIpc) is 3.18. The Morgan fingerprint density at radius 3 is 2.81 bits per heavy atom. The van der Waals surface area contributed by atoms with Gasteiger partial charge in [-0.1, -0.05) is 11.8 Å². The van der Waals surface area contributed by atoms with E-state index in [1.807, 2.05) is 0 Å². The van der Waals surface area contributed by atoms with Gasteiger partial charge in [-0.05, 0) is 64.9 Å². The van der Waals surface area contributed by atoms with Gasteiger partial charge >= 0.3 is 0 Å². The summed E-state index contributed by atoms with van der Waals surface area (Å²) in [6.45, 7) is 0. The zero-order valence-electron chi connectivity index (χ0n) is 16.5. The number of hydrogen-bond acceptors (Lipinski definition) is 7. The Labute approximate surface area is 186 Å². The van der Waals surface area contributed by atoms with Gasteiger partial charge in [-0.3, -0.25) is 9.59 Å². The molecule has 2 aromatic carbocycles. The van der Waals surface area contributed by atoms with Crippen molar-refractivity contribution in [3.63, 3.8) is 0 Å². The maximum absolute atomic E-state index is 13.7. The van der Waals surface area contributed by atoms with Crippen molar-refractivity contribution in [1.29, 1.82) is 0 Å². The maximum Gasteiger partial charge on any atom is 0.251 e. The van der Waals surface area contributed by atoms with Crippen molar-refractivity contribution in [3.05, 3.63) is 59.4 Å². The number of benzene rings is 2. The SMILES string of the molecule is Cn1nnnc1SCC(=O)Nc1ccc(C(=O)NC2CCSc3ccc(F)cc32)cc1. The molecule has 0 aliphatic carbocycles. The number of thioether (sulfide) groups is 2. The van der Waals surface area contributed by atoms with Gasteiger partial charge in [0.05, 0.1) is 11.8 Å². The molecule has 1 aromatic heterocycles. The molecule has 0 saturated carbocycles. The third-order valence-corrected chi connectivity index (χ3v) is 6.79. The average molecular weight is 459 g/mol. The summed E-state index contributed by atoms with van der Waals surface area (Å²) in [7, 11) is 1.70. The van der Waals surface area contributed by atoms with Crippen molar-refractivity contribution in [2.24, 2.45) is 7.05 Å². The minimum Gasteiger partial charge on any atom is -0.345 e. The standard InChI is InChI=1S/C20H19FN6O2S2/c1-27-20(24-25-26-27)31-11-18(28)22-14-5-2-12(3-6-14)19(29)23-16-8-9-30-17-7-4-13(21)10-15(16)17/h2-7,10,16H,8-9,11H2,1H3,(H,22,28)(H,23,29). The van der Waals surface area contributed by atoms with Gasteiger partial charge < -0.3 is 10.6 Å². The van der Waals surface area contributed by atoms with E-state index in [0.29, 0.717) is 16.4 Å². The molecule has 2 heterocycles. The number of halogens is 1. The number of nitrogens with one attached hydrogen (secondary N) is 2. The monoisotopic (exact) mass is 458 g/mol. The minimum absolute atomic E-state index is 0.159. The van der Waals surface area contributed by atoms with Crippen molar-refractivity contribution in [1.82, 2.24) is 25.5 Å². The van der Waals surface area contributed by atoms with Crippen LogP contribution in [0.1, 0.15) is 28.4 Å². The number of fused-ring (bicyclic) bond motifs is 1. The first-order valence-electron chi connectivity index (χ1n) is 9.48. The minimum atomic E-state index is -0.311. The second-order valence-corrected chi connectivity index (χ2v) is 8.92. The van der Waals surface area contributed by atoms with Crippen molar-refractivity contribution in [2.45, 2.75) is 22.5 Å². The summed E-state index contributed by atoms with van der Waals surface area (Å²) in [4.78, 5) is 25.8. The first-order chi connectivity index (χ1) is 15.0. The predicted molar refractivity (Wildman–Crippen MR) is 117 cm³/mol. The Hall–Kier alpha value is -2.92. The molecule has 4 rings (SSSR count). The van der Waals surface area contributed by atoms with Crippen LogP contribution < -0.4 is 10.6 Å². The zero-order chi connectivity index (χ0) is 21.8. The summed E-state index contributed by atoms with van der Waals surface area (Å²) in [6.07, 6.45) is 0.736. The third kappa shape index (κ3) is 5.23. The van der Waals surface area contributed by atoms with Gasteiger partial charge in [0.25, 0.3) is 5.91 Å². The molecule has 1 aliphatic rings.